The maximum atomic E-state index is 5.72. The molecule has 0 saturated carbocycles. The van der Waals surface area contributed by atoms with E-state index >= 15 is 0 Å². The van der Waals surface area contributed by atoms with Gasteiger partial charge in [0, 0.05) is 5.56 Å². The predicted molar refractivity (Wildman–Crippen MR) is 102 cm³/mol. The molecule has 0 aliphatic carbocycles. The van der Waals surface area contributed by atoms with Gasteiger partial charge < -0.3 is 4.42 Å². The molecular weight excluding hydrogens is 348 g/mol. The summed E-state index contributed by atoms with van der Waals surface area (Å²) in [5.74, 6) is 0.837. The molecule has 0 radical (unpaired) electrons. The monoisotopic (exact) mass is 364 g/mol. The average molecular weight is 365 g/mol. The van der Waals surface area contributed by atoms with Gasteiger partial charge in [0.1, 0.15) is 5.76 Å². The molecule has 0 N–H and O–H groups in total. The highest BCUT2D eigenvalue weighted by Gasteiger charge is 2.04. The van der Waals surface area contributed by atoms with Crippen molar-refractivity contribution in [3.8, 4) is 0 Å². The van der Waals surface area contributed by atoms with Gasteiger partial charge in [-0.2, -0.15) is 0 Å². The van der Waals surface area contributed by atoms with Crippen molar-refractivity contribution in [1.82, 2.24) is 0 Å². The van der Waals surface area contributed by atoms with E-state index < -0.39 is 0 Å². The zero-order valence-electron chi connectivity index (χ0n) is 12.9. The molecule has 0 atom stereocenters. The minimum absolute atomic E-state index is 0.730. The molecule has 114 valence electrons. The Hall–Kier alpha value is -2.32. The number of furan rings is 1. The van der Waals surface area contributed by atoms with E-state index in [0.29, 0.717) is 0 Å². The lowest BCUT2D eigenvalue weighted by atomic mass is 10.1. The fourth-order valence-corrected chi connectivity index (χ4v) is 2.67. The van der Waals surface area contributed by atoms with Crippen molar-refractivity contribution in [2.75, 3.05) is 0 Å². The highest BCUT2D eigenvalue weighted by Crippen LogP contribution is 2.24. The fourth-order valence-electron chi connectivity index (χ4n) is 2.25. The van der Waals surface area contributed by atoms with E-state index in [9.17, 15) is 0 Å². The van der Waals surface area contributed by atoms with Crippen LogP contribution in [0.4, 0.5) is 0 Å². The van der Waals surface area contributed by atoms with E-state index in [1.54, 1.807) is 0 Å². The standard InChI is InChI=1S/C21H17BrO/c1-16-7-9-18(10-8-16)11-13-19-15-21(22)23-20(19)14-12-17-5-3-2-4-6-17/h2-15H,1H3/b13-11+,14-12+. The SMILES string of the molecule is Cc1ccc(/C=C/c2cc(Br)oc2/C=C/c2ccccc2)cc1. The number of aryl methyl sites for hydroxylation is 1. The van der Waals surface area contributed by atoms with Crippen LogP contribution in [0.3, 0.4) is 0 Å². The third kappa shape index (κ3) is 4.33. The normalized spacial score (nSPS) is 11.6. The summed E-state index contributed by atoms with van der Waals surface area (Å²) >= 11 is 3.41. The first kappa shape index (κ1) is 15.6. The van der Waals surface area contributed by atoms with Crippen LogP contribution in [0.1, 0.15) is 28.0 Å². The van der Waals surface area contributed by atoms with E-state index in [1.165, 1.54) is 11.1 Å². The van der Waals surface area contributed by atoms with Gasteiger partial charge in [-0.3, -0.25) is 0 Å². The van der Waals surface area contributed by atoms with Crippen molar-refractivity contribution in [1.29, 1.82) is 0 Å². The topological polar surface area (TPSA) is 13.1 Å². The van der Waals surface area contributed by atoms with Crippen LogP contribution in [0.2, 0.25) is 0 Å². The van der Waals surface area contributed by atoms with E-state index in [-0.39, 0.29) is 0 Å². The molecule has 0 bridgehead atoms. The van der Waals surface area contributed by atoms with Gasteiger partial charge >= 0.3 is 0 Å². The molecule has 0 aliphatic heterocycles. The van der Waals surface area contributed by atoms with Gasteiger partial charge in [0.15, 0.2) is 4.67 Å². The molecule has 1 aromatic heterocycles. The Labute approximate surface area is 145 Å². The molecule has 0 saturated heterocycles. The third-order valence-corrected chi connectivity index (χ3v) is 3.91. The van der Waals surface area contributed by atoms with Crippen molar-refractivity contribution in [2.45, 2.75) is 6.92 Å². The van der Waals surface area contributed by atoms with Gasteiger partial charge in [0.05, 0.1) is 0 Å². The largest absolute Gasteiger partial charge is 0.449 e. The van der Waals surface area contributed by atoms with Gasteiger partial charge in [-0.05, 0) is 46.1 Å². The molecule has 2 aromatic carbocycles. The lowest BCUT2D eigenvalue weighted by Gasteiger charge is -1.95. The first-order chi connectivity index (χ1) is 11.2. The molecule has 0 aliphatic rings. The summed E-state index contributed by atoms with van der Waals surface area (Å²) < 4.78 is 6.45. The second-order valence-corrected chi connectivity index (χ2v) is 6.14. The first-order valence-corrected chi connectivity index (χ1v) is 8.27. The number of benzene rings is 2. The minimum Gasteiger partial charge on any atom is -0.449 e. The summed E-state index contributed by atoms with van der Waals surface area (Å²) in [5, 5.41) is 0. The first-order valence-electron chi connectivity index (χ1n) is 7.48. The summed E-state index contributed by atoms with van der Waals surface area (Å²) in [6, 6.07) is 20.6. The Morgan fingerprint density at radius 3 is 2.17 bits per heavy atom. The van der Waals surface area contributed by atoms with Crippen LogP contribution in [0, 0.1) is 6.92 Å². The number of rotatable bonds is 4. The van der Waals surface area contributed by atoms with Gasteiger partial charge in [0.2, 0.25) is 0 Å². The summed E-state index contributed by atoms with van der Waals surface area (Å²) in [4.78, 5) is 0. The molecule has 3 rings (SSSR count). The summed E-state index contributed by atoms with van der Waals surface area (Å²) in [6.07, 6.45) is 8.21. The smallest absolute Gasteiger partial charge is 0.170 e. The number of hydrogen-bond donors (Lipinski definition) is 0. The van der Waals surface area contributed by atoms with Gasteiger partial charge in [-0.25, -0.2) is 0 Å². The molecule has 2 heteroatoms. The fraction of sp³-hybridized carbons (Fsp3) is 0.0476. The molecule has 0 amide bonds. The van der Waals surface area contributed by atoms with Gasteiger partial charge in [-0.15, -0.1) is 0 Å². The zero-order valence-corrected chi connectivity index (χ0v) is 14.5. The Morgan fingerprint density at radius 2 is 1.43 bits per heavy atom. The molecule has 23 heavy (non-hydrogen) atoms. The van der Waals surface area contributed by atoms with E-state index in [1.807, 2.05) is 30.3 Å². The van der Waals surface area contributed by atoms with Gasteiger partial charge in [-0.1, -0.05) is 78.4 Å². The van der Waals surface area contributed by atoms with Crippen molar-refractivity contribution in [3.05, 3.63) is 93.3 Å². The van der Waals surface area contributed by atoms with Crippen LogP contribution in [-0.4, -0.2) is 0 Å². The maximum Gasteiger partial charge on any atom is 0.170 e. The summed E-state index contributed by atoms with van der Waals surface area (Å²) in [5.41, 5.74) is 4.63. The second-order valence-electron chi connectivity index (χ2n) is 5.36. The maximum absolute atomic E-state index is 5.72. The van der Waals surface area contributed by atoms with Crippen LogP contribution in [0.15, 0.2) is 69.8 Å². The predicted octanol–water partition coefficient (Wildman–Crippen LogP) is 6.69. The number of halogens is 1. The molecule has 1 nitrogen and oxygen atoms in total. The van der Waals surface area contributed by atoms with Crippen LogP contribution in [0.25, 0.3) is 24.3 Å². The Morgan fingerprint density at radius 1 is 0.783 bits per heavy atom. The second kappa shape index (κ2) is 7.30. The van der Waals surface area contributed by atoms with Crippen LogP contribution >= 0.6 is 15.9 Å². The van der Waals surface area contributed by atoms with Crippen molar-refractivity contribution < 1.29 is 4.42 Å². The lowest BCUT2D eigenvalue weighted by Crippen LogP contribution is -1.75. The molecule has 1 heterocycles. The molecular formula is C21H17BrO. The quantitative estimate of drug-likeness (QED) is 0.502. The lowest BCUT2D eigenvalue weighted by molar-refractivity contribution is 0.531. The third-order valence-electron chi connectivity index (χ3n) is 3.52. The van der Waals surface area contributed by atoms with Crippen molar-refractivity contribution >= 4 is 40.2 Å². The van der Waals surface area contributed by atoms with E-state index in [4.69, 9.17) is 4.42 Å². The number of hydrogen-bond acceptors (Lipinski definition) is 1. The molecule has 0 spiro atoms. The van der Waals surface area contributed by atoms with Crippen LogP contribution < -0.4 is 0 Å². The van der Waals surface area contributed by atoms with Gasteiger partial charge in [0.25, 0.3) is 0 Å². The average Bonchev–Trinajstić information content (AvgIpc) is 2.93. The van der Waals surface area contributed by atoms with Crippen LogP contribution in [-0.2, 0) is 0 Å². The van der Waals surface area contributed by atoms with Crippen LogP contribution in [0.5, 0.6) is 0 Å². The van der Waals surface area contributed by atoms with Crippen molar-refractivity contribution in [2.24, 2.45) is 0 Å². The Kier molecular flexibility index (Phi) is 4.94. The van der Waals surface area contributed by atoms with E-state index in [2.05, 4.69) is 77.5 Å². The highest BCUT2D eigenvalue weighted by molar-refractivity contribution is 9.10. The summed E-state index contributed by atoms with van der Waals surface area (Å²) in [6.45, 7) is 2.09. The summed E-state index contributed by atoms with van der Waals surface area (Å²) in [7, 11) is 0. The highest BCUT2D eigenvalue weighted by atomic mass is 79.9. The Bertz CT molecular complexity index is 824. The van der Waals surface area contributed by atoms with E-state index in [0.717, 1.165) is 21.6 Å². The molecule has 0 fully saturated rings. The van der Waals surface area contributed by atoms with Crippen molar-refractivity contribution in [3.63, 3.8) is 0 Å². The Balaban J connectivity index is 1.83. The minimum atomic E-state index is 0.730. The molecule has 0 unspecified atom stereocenters. The molecule has 3 aromatic rings. The zero-order chi connectivity index (χ0) is 16.1.